The zero-order valence-corrected chi connectivity index (χ0v) is 37.4. The number of rotatable bonds is 9. The Morgan fingerprint density at radius 3 is 1.18 bits per heavy atom. The van der Waals surface area contributed by atoms with Crippen LogP contribution in [0.4, 0.5) is 0 Å². The van der Waals surface area contributed by atoms with Crippen LogP contribution in [-0.2, 0) is 35.8 Å². The number of aryl methyl sites for hydroxylation is 2. The van der Waals surface area contributed by atoms with E-state index in [-0.39, 0.29) is 26.2 Å². The maximum Gasteiger partial charge on any atom is 2.00 e. The van der Waals surface area contributed by atoms with Crippen molar-refractivity contribution in [1.82, 2.24) is 6.61 Å². The van der Waals surface area contributed by atoms with Crippen LogP contribution in [0.2, 0.25) is 0 Å². The van der Waals surface area contributed by atoms with Crippen molar-refractivity contribution in [1.29, 1.82) is 0 Å². The van der Waals surface area contributed by atoms with Gasteiger partial charge in [0.05, 0.1) is 0 Å². The summed E-state index contributed by atoms with van der Waals surface area (Å²) in [4.78, 5) is 18.9. The molecule has 0 saturated heterocycles. The molecule has 8 aromatic carbocycles. The molecule has 0 bridgehead atoms. The van der Waals surface area contributed by atoms with Crippen molar-refractivity contribution in [3.8, 4) is 22.3 Å². The van der Waals surface area contributed by atoms with E-state index >= 15 is 0 Å². The standard InChI is InChI=1S/2C16H13.C16H14.2CH3NO.In.Zr/c2*1-12-10-14-8-5-9-15(16(14)11-12)13-6-3-2-4-7-13;1-3-9-15(10-4-1)13-7-8-14-16-11-5-2-6-12-16;2*2-1-3;;/h2*2-11H,1H3;1-14H;2*1H,(H2,2,3);;/q2*-1;;;;2*+2/p-2. The molecule has 56 heavy (non-hydrogen) atoms. The fourth-order valence-electron chi connectivity index (χ4n) is 6.09. The number of nitrogens with one attached hydrogen (secondary N) is 2. The molecular weight excluding hydrogens is 867 g/mol. The van der Waals surface area contributed by atoms with Crippen molar-refractivity contribution in [2.24, 2.45) is 0 Å². The molecule has 0 aliphatic rings. The Morgan fingerprint density at radius 1 is 0.464 bits per heavy atom. The quantitative estimate of drug-likeness (QED) is 0.0656. The number of carbonyl (C=O) groups is 2. The molecule has 8 aromatic rings. The molecule has 0 aliphatic carbocycles. The second kappa shape index (κ2) is 24.3. The third-order valence-electron chi connectivity index (χ3n) is 8.55. The maximum absolute atomic E-state index is 9.46. The average Bonchev–Trinajstić information content (AvgIpc) is 3.82. The van der Waals surface area contributed by atoms with E-state index in [2.05, 4.69) is 190 Å². The van der Waals surface area contributed by atoms with Crippen LogP contribution < -0.4 is 6.61 Å². The minimum atomic E-state index is -1.20. The van der Waals surface area contributed by atoms with E-state index < -0.39 is 23.5 Å². The van der Waals surface area contributed by atoms with Gasteiger partial charge < -0.3 is 0 Å². The summed E-state index contributed by atoms with van der Waals surface area (Å²) in [5, 5.41) is 5.37. The van der Waals surface area contributed by atoms with Crippen molar-refractivity contribution in [3.05, 3.63) is 216 Å². The van der Waals surface area contributed by atoms with Gasteiger partial charge >= 0.3 is 78.7 Å². The summed E-state index contributed by atoms with van der Waals surface area (Å²) in [5.74, 6) is 0. The van der Waals surface area contributed by atoms with Crippen molar-refractivity contribution in [2.75, 3.05) is 0 Å². The SMILES string of the molecule is C(C=Cc1ccccc1)=Cc1ccccc1.Cc1cc2c(-c3ccccc3)cccc2[cH-]1.Cc1cc2c(-c3ccccc3)cccc2[cH-]1.O=C[NH][In][NH]C=O.[Zr+2]. The average molecular weight is 911 g/mol. The summed E-state index contributed by atoms with van der Waals surface area (Å²) in [5.41, 5.74) is 10.3. The summed E-state index contributed by atoms with van der Waals surface area (Å²) in [6, 6.07) is 63.7. The van der Waals surface area contributed by atoms with Gasteiger partial charge in [-0.25, -0.2) is 0 Å². The zero-order chi connectivity index (χ0) is 38.5. The number of hydrogen-bond donors (Lipinski definition) is 2. The Kier molecular flexibility index (Phi) is 18.8. The molecule has 0 atom stereocenters. The molecule has 1 radical (unpaired) electrons. The van der Waals surface area contributed by atoms with E-state index in [0.717, 1.165) is 0 Å². The molecule has 0 unspecified atom stereocenters. The first kappa shape index (κ1) is 43.4. The molecule has 0 fully saturated rings. The van der Waals surface area contributed by atoms with E-state index in [1.165, 1.54) is 66.1 Å². The summed E-state index contributed by atoms with van der Waals surface area (Å²) >= 11 is -1.20. The van der Waals surface area contributed by atoms with Gasteiger partial charge in [-0.3, -0.25) is 0 Å². The van der Waals surface area contributed by atoms with Gasteiger partial charge in [0.25, 0.3) is 0 Å². The molecule has 8 rings (SSSR count). The fraction of sp³-hybridized carbons (Fsp3) is 0.0400. The Bertz CT molecular complexity index is 2230. The number of fused-ring (bicyclic) bond motifs is 2. The van der Waals surface area contributed by atoms with Gasteiger partial charge in [0.1, 0.15) is 0 Å². The van der Waals surface area contributed by atoms with E-state index in [1.54, 1.807) is 0 Å². The molecule has 2 N–H and O–H groups in total. The summed E-state index contributed by atoms with van der Waals surface area (Å²) in [7, 11) is 0. The van der Waals surface area contributed by atoms with Crippen LogP contribution in [0.5, 0.6) is 0 Å². The molecule has 273 valence electrons. The normalized spacial score (nSPS) is 10.2. The molecule has 0 saturated carbocycles. The molecule has 6 heteroatoms. The van der Waals surface area contributed by atoms with Crippen molar-refractivity contribution in [2.45, 2.75) is 13.8 Å². The summed E-state index contributed by atoms with van der Waals surface area (Å²) < 4.78 is 4.83. The fourth-order valence-corrected chi connectivity index (χ4v) is 6.75. The Hall–Kier alpha value is -5.29. The number of amides is 2. The van der Waals surface area contributed by atoms with E-state index in [9.17, 15) is 9.59 Å². The molecular formula is C50H44InN2O2Zr. The molecule has 0 aliphatic heterocycles. The predicted octanol–water partition coefficient (Wildman–Crippen LogP) is 11.5. The topological polar surface area (TPSA) is 58.2 Å². The summed E-state index contributed by atoms with van der Waals surface area (Å²) in [6.07, 6.45) is 9.50. The Labute approximate surface area is 362 Å². The third kappa shape index (κ3) is 13.8. The van der Waals surface area contributed by atoms with Crippen LogP contribution in [0, 0.1) is 13.8 Å². The van der Waals surface area contributed by atoms with Crippen LogP contribution in [0.15, 0.2) is 194 Å². The van der Waals surface area contributed by atoms with E-state index in [0.29, 0.717) is 12.8 Å². The van der Waals surface area contributed by atoms with Crippen LogP contribution in [-0.4, -0.2) is 36.3 Å². The third-order valence-corrected chi connectivity index (χ3v) is 10.3. The van der Waals surface area contributed by atoms with Gasteiger partial charge in [-0.2, -0.15) is 12.1 Å². The second-order valence-electron chi connectivity index (χ2n) is 12.7. The van der Waals surface area contributed by atoms with E-state index in [4.69, 9.17) is 0 Å². The van der Waals surface area contributed by atoms with Crippen molar-refractivity contribution >= 4 is 70.0 Å². The number of benzene rings is 6. The van der Waals surface area contributed by atoms with Gasteiger partial charge in [0.15, 0.2) is 0 Å². The zero-order valence-electron chi connectivity index (χ0n) is 31.7. The largest absolute Gasteiger partial charge is 2.00 e. The van der Waals surface area contributed by atoms with Crippen LogP contribution in [0.1, 0.15) is 22.3 Å². The first-order valence-corrected chi connectivity index (χ1v) is 21.4. The van der Waals surface area contributed by atoms with Crippen LogP contribution >= 0.6 is 0 Å². The molecule has 2 amide bonds. The Morgan fingerprint density at radius 2 is 0.821 bits per heavy atom. The summed E-state index contributed by atoms with van der Waals surface area (Å²) in [6.45, 7) is 4.30. The van der Waals surface area contributed by atoms with Gasteiger partial charge in [-0.1, -0.05) is 183 Å². The van der Waals surface area contributed by atoms with Gasteiger partial charge in [-0.05, 0) is 22.3 Å². The number of allylic oxidation sites excluding steroid dienone is 2. The predicted molar refractivity (Wildman–Crippen MR) is 235 cm³/mol. The molecule has 4 nitrogen and oxygen atoms in total. The van der Waals surface area contributed by atoms with Gasteiger partial charge in [0.2, 0.25) is 0 Å². The second-order valence-corrected chi connectivity index (χ2v) is 15.4. The monoisotopic (exact) mass is 909 g/mol. The minimum Gasteiger partial charge on any atom is 2.00 e. The smallest absolute Gasteiger partial charge is 2.00 e. The van der Waals surface area contributed by atoms with Crippen molar-refractivity contribution < 1.29 is 35.8 Å². The maximum atomic E-state index is 9.46. The minimum absolute atomic E-state index is 0. The number of hydrogen-bond acceptors (Lipinski definition) is 2. The van der Waals surface area contributed by atoms with Crippen LogP contribution in [0.25, 0.3) is 56.0 Å². The van der Waals surface area contributed by atoms with Gasteiger partial charge in [-0.15, -0.1) is 69.1 Å². The van der Waals surface area contributed by atoms with Crippen molar-refractivity contribution in [3.63, 3.8) is 0 Å². The van der Waals surface area contributed by atoms with Crippen LogP contribution in [0.3, 0.4) is 0 Å². The molecule has 0 heterocycles. The Balaban J connectivity index is 0.000000171. The van der Waals surface area contributed by atoms with E-state index in [1.807, 2.05) is 36.4 Å². The first-order chi connectivity index (χ1) is 27.1. The molecule has 0 aromatic heterocycles. The molecule has 0 spiro atoms. The number of carbonyl (C=O) groups excluding carboxylic acids is 2. The van der Waals surface area contributed by atoms with Gasteiger partial charge in [0, 0.05) is 0 Å². The first-order valence-electron chi connectivity index (χ1n) is 18.1.